The molecular weight excluding hydrogens is 1020 g/mol. The lowest BCUT2D eigenvalue weighted by molar-refractivity contribution is -0.167. The van der Waals surface area contributed by atoms with Gasteiger partial charge in [0, 0.05) is 19.3 Å². The van der Waals surface area contributed by atoms with Crippen LogP contribution in [-0.4, -0.2) is 37.2 Å². The van der Waals surface area contributed by atoms with Gasteiger partial charge in [0.2, 0.25) is 0 Å². The van der Waals surface area contributed by atoms with Gasteiger partial charge in [-0.1, -0.05) is 345 Å². The number of hydrogen-bond donors (Lipinski definition) is 0. The molecule has 0 radical (unpaired) electrons. The van der Waals surface area contributed by atoms with Crippen LogP contribution in [0.4, 0.5) is 0 Å². The van der Waals surface area contributed by atoms with Crippen molar-refractivity contribution in [3.63, 3.8) is 0 Å². The SMILES string of the molecule is CCCCC/C=C\C/C=C\CCCCCCCCCCCC(=O)OC(COC(=O)CCCCCCCCCCCCCCC)COC(=O)CCCCCCCCCCCCCCCCCCCC/C=C\C/C=C\C/C=C\CCCCCCC. The fourth-order valence-corrected chi connectivity index (χ4v) is 11.0. The van der Waals surface area contributed by atoms with Crippen molar-refractivity contribution in [1.82, 2.24) is 0 Å². The molecule has 0 bridgehead atoms. The largest absolute Gasteiger partial charge is 0.462 e. The van der Waals surface area contributed by atoms with Gasteiger partial charge in [0.15, 0.2) is 6.10 Å². The van der Waals surface area contributed by atoms with Crippen LogP contribution >= 0.6 is 0 Å². The first kappa shape index (κ1) is 80.1. The zero-order valence-corrected chi connectivity index (χ0v) is 55.7. The fourth-order valence-electron chi connectivity index (χ4n) is 11.0. The molecular formula is C77H140O6. The number of unbranched alkanes of at least 4 members (excludes halogenated alkanes) is 47. The van der Waals surface area contributed by atoms with Gasteiger partial charge in [-0.2, -0.15) is 0 Å². The van der Waals surface area contributed by atoms with Gasteiger partial charge in [-0.05, 0) is 89.9 Å². The molecule has 0 heterocycles. The molecule has 1 unspecified atom stereocenters. The van der Waals surface area contributed by atoms with E-state index < -0.39 is 6.10 Å². The molecule has 0 saturated carbocycles. The summed E-state index contributed by atoms with van der Waals surface area (Å²) >= 11 is 0. The van der Waals surface area contributed by atoms with E-state index in [0.29, 0.717) is 19.3 Å². The quantitative estimate of drug-likeness (QED) is 0.0261. The van der Waals surface area contributed by atoms with Gasteiger partial charge in [-0.25, -0.2) is 0 Å². The summed E-state index contributed by atoms with van der Waals surface area (Å²) in [5.41, 5.74) is 0. The molecule has 0 saturated heterocycles. The lowest BCUT2D eigenvalue weighted by Gasteiger charge is -2.18. The summed E-state index contributed by atoms with van der Waals surface area (Å²) < 4.78 is 17.0. The Morgan fingerprint density at radius 1 is 0.241 bits per heavy atom. The Morgan fingerprint density at radius 3 is 0.699 bits per heavy atom. The molecule has 0 aliphatic heterocycles. The van der Waals surface area contributed by atoms with Gasteiger partial charge >= 0.3 is 17.9 Å². The summed E-state index contributed by atoms with van der Waals surface area (Å²) in [6.07, 6.45) is 92.6. The highest BCUT2D eigenvalue weighted by atomic mass is 16.6. The Balaban J connectivity index is 4.15. The highest BCUT2D eigenvalue weighted by Crippen LogP contribution is 2.18. The second-order valence-electron chi connectivity index (χ2n) is 24.9. The van der Waals surface area contributed by atoms with Crippen molar-refractivity contribution in [1.29, 1.82) is 0 Å². The highest BCUT2D eigenvalue weighted by Gasteiger charge is 2.19. The third kappa shape index (κ3) is 69.8. The van der Waals surface area contributed by atoms with Crippen molar-refractivity contribution >= 4 is 17.9 Å². The molecule has 0 aromatic rings. The summed E-state index contributed by atoms with van der Waals surface area (Å²) in [7, 11) is 0. The van der Waals surface area contributed by atoms with Gasteiger partial charge in [-0.3, -0.25) is 14.4 Å². The van der Waals surface area contributed by atoms with E-state index in [-0.39, 0.29) is 31.1 Å². The van der Waals surface area contributed by atoms with Crippen LogP contribution in [0.3, 0.4) is 0 Å². The zero-order chi connectivity index (χ0) is 59.9. The minimum atomic E-state index is -0.774. The minimum Gasteiger partial charge on any atom is -0.462 e. The van der Waals surface area contributed by atoms with E-state index in [9.17, 15) is 14.4 Å². The van der Waals surface area contributed by atoms with Crippen molar-refractivity contribution in [3.05, 3.63) is 60.8 Å². The molecule has 0 aromatic heterocycles. The van der Waals surface area contributed by atoms with Crippen LogP contribution in [0, 0.1) is 0 Å². The molecule has 6 nitrogen and oxygen atoms in total. The van der Waals surface area contributed by atoms with Crippen molar-refractivity contribution < 1.29 is 28.6 Å². The van der Waals surface area contributed by atoms with Crippen molar-refractivity contribution in [2.24, 2.45) is 0 Å². The number of ether oxygens (including phenoxy) is 3. The average Bonchev–Trinajstić information content (AvgIpc) is 3.49. The highest BCUT2D eigenvalue weighted by molar-refractivity contribution is 5.71. The molecule has 83 heavy (non-hydrogen) atoms. The molecule has 6 heteroatoms. The summed E-state index contributed by atoms with van der Waals surface area (Å²) in [6, 6.07) is 0. The lowest BCUT2D eigenvalue weighted by Crippen LogP contribution is -2.30. The van der Waals surface area contributed by atoms with Crippen LogP contribution in [0.15, 0.2) is 60.8 Å². The lowest BCUT2D eigenvalue weighted by atomic mass is 10.0. The first-order valence-electron chi connectivity index (χ1n) is 36.8. The molecule has 0 fully saturated rings. The first-order valence-corrected chi connectivity index (χ1v) is 36.8. The fraction of sp³-hybridized carbons (Fsp3) is 0.831. The molecule has 0 N–H and O–H groups in total. The van der Waals surface area contributed by atoms with Gasteiger partial charge in [0.25, 0.3) is 0 Å². The molecule has 0 aliphatic carbocycles. The molecule has 1 atom stereocenters. The first-order chi connectivity index (χ1) is 41.0. The van der Waals surface area contributed by atoms with E-state index >= 15 is 0 Å². The standard InChI is InChI=1S/C77H140O6/c1-4-7-10-13-16-19-22-25-27-29-31-32-33-34-35-36-37-38-39-40-41-42-43-44-46-47-49-52-55-58-61-64-67-70-76(79)82-73-74(72-81-75(78)69-66-63-60-57-54-51-24-21-18-15-12-9-6-3)83-77(80)71-68-65-62-59-56-53-50-48-45-30-28-26-23-20-17-14-11-8-5-2/h17,20,22,25-26,28-29,31,33-34,74H,4-16,18-19,21,23-24,27,30,32,35-73H2,1-3H3/b20-17-,25-22-,28-26-,31-29-,34-33-. The number of rotatable bonds is 68. The van der Waals surface area contributed by atoms with Crippen LogP contribution in [-0.2, 0) is 28.6 Å². The Bertz CT molecular complexity index is 1470. The van der Waals surface area contributed by atoms with E-state index in [2.05, 4.69) is 81.5 Å². The van der Waals surface area contributed by atoms with Crippen LogP contribution < -0.4 is 0 Å². The topological polar surface area (TPSA) is 78.9 Å². The van der Waals surface area contributed by atoms with Crippen molar-refractivity contribution in [2.45, 2.75) is 399 Å². The maximum absolute atomic E-state index is 12.9. The van der Waals surface area contributed by atoms with E-state index in [4.69, 9.17) is 14.2 Å². The summed E-state index contributed by atoms with van der Waals surface area (Å²) in [5.74, 6) is -0.848. The van der Waals surface area contributed by atoms with Crippen LogP contribution in [0.2, 0.25) is 0 Å². The predicted octanol–water partition coefficient (Wildman–Crippen LogP) is 25.5. The van der Waals surface area contributed by atoms with Gasteiger partial charge in [0.1, 0.15) is 13.2 Å². The molecule has 0 rings (SSSR count). The van der Waals surface area contributed by atoms with E-state index in [0.717, 1.165) is 77.0 Å². The molecule has 0 aliphatic rings. The third-order valence-electron chi connectivity index (χ3n) is 16.5. The van der Waals surface area contributed by atoms with E-state index in [1.54, 1.807) is 0 Å². The molecule has 484 valence electrons. The zero-order valence-electron chi connectivity index (χ0n) is 55.7. The Morgan fingerprint density at radius 2 is 0.434 bits per heavy atom. The van der Waals surface area contributed by atoms with E-state index in [1.807, 2.05) is 0 Å². The maximum atomic E-state index is 12.9. The van der Waals surface area contributed by atoms with Gasteiger partial charge in [-0.15, -0.1) is 0 Å². The number of carbonyl (C=O) groups is 3. The maximum Gasteiger partial charge on any atom is 0.306 e. The smallest absolute Gasteiger partial charge is 0.306 e. The van der Waals surface area contributed by atoms with Crippen LogP contribution in [0.5, 0.6) is 0 Å². The average molecular weight is 1160 g/mol. The third-order valence-corrected chi connectivity index (χ3v) is 16.5. The predicted molar refractivity (Wildman–Crippen MR) is 362 cm³/mol. The summed E-state index contributed by atoms with van der Waals surface area (Å²) in [5, 5.41) is 0. The summed E-state index contributed by atoms with van der Waals surface area (Å²) in [4.78, 5) is 38.4. The van der Waals surface area contributed by atoms with E-state index in [1.165, 1.54) is 276 Å². The Kier molecular flexibility index (Phi) is 69.1. The molecule has 0 aromatic carbocycles. The minimum absolute atomic E-state index is 0.0702. The van der Waals surface area contributed by atoms with Crippen molar-refractivity contribution in [3.8, 4) is 0 Å². The number of carbonyl (C=O) groups excluding carboxylic acids is 3. The van der Waals surface area contributed by atoms with Crippen molar-refractivity contribution in [2.75, 3.05) is 13.2 Å². The van der Waals surface area contributed by atoms with Gasteiger partial charge in [0.05, 0.1) is 0 Å². The second kappa shape index (κ2) is 71.6. The number of allylic oxidation sites excluding steroid dienone is 10. The number of esters is 3. The monoisotopic (exact) mass is 1160 g/mol. The molecule has 0 amide bonds. The normalized spacial score (nSPS) is 12.4. The van der Waals surface area contributed by atoms with Crippen LogP contribution in [0.1, 0.15) is 393 Å². The summed E-state index contributed by atoms with van der Waals surface area (Å²) in [6.45, 7) is 6.66. The van der Waals surface area contributed by atoms with Crippen LogP contribution in [0.25, 0.3) is 0 Å². The Hall–Kier alpha value is -2.89. The molecule has 0 spiro atoms. The number of hydrogen-bond acceptors (Lipinski definition) is 6. The second-order valence-corrected chi connectivity index (χ2v) is 24.9. The van der Waals surface area contributed by atoms with Gasteiger partial charge < -0.3 is 14.2 Å². The Labute approximate surface area is 517 Å².